The molecule has 3 nitrogen and oxygen atoms in total. The molecule has 2 aliphatic rings. The van der Waals surface area contributed by atoms with Crippen LogP contribution in [0.3, 0.4) is 0 Å². The maximum atomic E-state index is 9.61. The van der Waals surface area contributed by atoms with Crippen LogP contribution >= 0.6 is 0 Å². The van der Waals surface area contributed by atoms with Gasteiger partial charge in [-0.3, -0.25) is 0 Å². The van der Waals surface area contributed by atoms with Crippen molar-refractivity contribution >= 4 is 11.4 Å². The maximum absolute atomic E-state index is 9.61. The third kappa shape index (κ3) is 2.02. The molecule has 1 saturated carbocycles. The minimum atomic E-state index is 0.342. The summed E-state index contributed by atoms with van der Waals surface area (Å²) in [6, 6.07) is 5.63. The maximum Gasteiger partial charge on any atom is 0.117 e. The highest BCUT2D eigenvalue weighted by atomic mass is 16.3. The Labute approximate surface area is 109 Å². The smallest absolute Gasteiger partial charge is 0.117 e. The molecule has 98 valence electrons. The third-order valence-electron chi connectivity index (χ3n) is 4.53. The van der Waals surface area contributed by atoms with E-state index < -0.39 is 0 Å². The molecule has 1 aromatic carbocycles. The van der Waals surface area contributed by atoms with E-state index in [4.69, 9.17) is 0 Å². The van der Waals surface area contributed by atoms with Crippen molar-refractivity contribution < 1.29 is 5.11 Å². The van der Waals surface area contributed by atoms with Crippen LogP contribution in [0.4, 0.5) is 11.4 Å². The van der Waals surface area contributed by atoms with Crippen LogP contribution in [0.5, 0.6) is 5.75 Å². The number of anilines is 2. The minimum Gasteiger partial charge on any atom is -0.508 e. The molecule has 0 amide bonds. The Morgan fingerprint density at radius 2 is 2.00 bits per heavy atom. The number of hydrogen-bond acceptors (Lipinski definition) is 3. The van der Waals surface area contributed by atoms with Crippen molar-refractivity contribution in [2.45, 2.75) is 32.1 Å². The highest BCUT2D eigenvalue weighted by molar-refractivity contribution is 5.72. The molecule has 1 spiro atoms. The number of hydrogen-bond donors (Lipinski definition) is 2. The van der Waals surface area contributed by atoms with E-state index in [9.17, 15) is 5.11 Å². The van der Waals surface area contributed by atoms with Crippen LogP contribution in [0.1, 0.15) is 32.1 Å². The fraction of sp³-hybridized carbons (Fsp3) is 0.600. The van der Waals surface area contributed by atoms with Crippen LogP contribution in [0.25, 0.3) is 0 Å². The first-order chi connectivity index (χ1) is 8.69. The van der Waals surface area contributed by atoms with Crippen LogP contribution < -0.4 is 10.2 Å². The van der Waals surface area contributed by atoms with E-state index in [0.717, 1.165) is 18.8 Å². The van der Waals surface area contributed by atoms with E-state index in [-0.39, 0.29) is 0 Å². The molecule has 1 aliphatic heterocycles. The Balaban J connectivity index is 1.90. The van der Waals surface area contributed by atoms with Crippen LogP contribution in [-0.4, -0.2) is 25.2 Å². The van der Waals surface area contributed by atoms with E-state index in [2.05, 4.69) is 17.3 Å². The molecule has 1 fully saturated rings. The normalized spacial score (nSPS) is 22.2. The van der Waals surface area contributed by atoms with Crippen molar-refractivity contribution in [1.29, 1.82) is 0 Å². The molecule has 0 bridgehead atoms. The summed E-state index contributed by atoms with van der Waals surface area (Å²) in [6.07, 6.45) is 6.75. The molecule has 1 aliphatic carbocycles. The van der Waals surface area contributed by atoms with Gasteiger partial charge < -0.3 is 15.3 Å². The summed E-state index contributed by atoms with van der Waals surface area (Å²) in [7, 11) is 2.17. The molecular weight excluding hydrogens is 224 g/mol. The largest absolute Gasteiger partial charge is 0.508 e. The van der Waals surface area contributed by atoms with Gasteiger partial charge in [0.2, 0.25) is 0 Å². The number of aromatic hydroxyl groups is 1. The monoisotopic (exact) mass is 246 g/mol. The van der Waals surface area contributed by atoms with Crippen molar-refractivity contribution in [3.05, 3.63) is 18.2 Å². The SMILES string of the molecule is CN1CC2(CCCCC2)CNc2cc(O)ccc21. The summed E-state index contributed by atoms with van der Waals surface area (Å²) in [5.74, 6) is 0.342. The number of phenolic OH excluding ortho intramolecular Hbond substituents is 1. The lowest BCUT2D eigenvalue weighted by atomic mass is 9.74. The fourth-order valence-corrected chi connectivity index (χ4v) is 3.56. The number of benzene rings is 1. The van der Waals surface area contributed by atoms with Crippen LogP contribution in [-0.2, 0) is 0 Å². The lowest BCUT2D eigenvalue weighted by molar-refractivity contribution is 0.215. The zero-order valence-corrected chi connectivity index (χ0v) is 11.1. The molecule has 0 atom stereocenters. The minimum absolute atomic E-state index is 0.342. The van der Waals surface area contributed by atoms with Crippen LogP contribution in [0, 0.1) is 5.41 Å². The number of nitrogens with zero attached hydrogens (tertiary/aromatic N) is 1. The van der Waals surface area contributed by atoms with Crippen LogP contribution in [0.2, 0.25) is 0 Å². The van der Waals surface area contributed by atoms with E-state index in [1.807, 2.05) is 12.1 Å². The van der Waals surface area contributed by atoms with Gasteiger partial charge in [-0.15, -0.1) is 0 Å². The quantitative estimate of drug-likeness (QED) is 0.738. The van der Waals surface area contributed by atoms with Gasteiger partial charge in [-0.1, -0.05) is 19.3 Å². The predicted octanol–water partition coefficient (Wildman–Crippen LogP) is 3.20. The summed E-state index contributed by atoms with van der Waals surface area (Å²) in [5, 5.41) is 13.2. The zero-order chi connectivity index (χ0) is 12.6. The lowest BCUT2D eigenvalue weighted by Crippen LogP contribution is -2.40. The molecule has 0 radical (unpaired) electrons. The standard InChI is InChI=1S/C15H22N2O/c1-17-11-15(7-3-2-4-8-15)10-16-13-9-12(18)5-6-14(13)17/h5-6,9,16,18H,2-4,7-8,10-11H2,1H3. The molecule has 3 heteroatoms. The molecule has 2 N–H and O–H groups in total. The second kappa shape index (κ2) is 4.38. The molecule has 0 unspecified atom stereocenters. The Hall–Kier alpha value is -1.38. The topological polar surface area (TPSA) is 35.5 Å². The van der Waals surface area contributed by atoms with Crippen molar-refractivity contribution in [3.63, 3.8) is 0 Å². The number of phenols is 1. The molecule has 18 heavy (non-hydrogen) atoms. The molecule has 1 aromatic rings. The van der Waals surface area contributed by atoms with Gasteiger partial charge in [0, 0.05) is 31.6 Å². The summed E-state index contributed by atoms with van der Waals surface area (Å²) in [4.78, 5) is 2.35. The molecule has 1 heterocycles. The summed E-state index contributed by atoms with van der Waals surface area (Å²) in [6.45, 7) is 2.16. The Kier molecular flexibility index (Phi) is 2.84. The molecular formula is C15H22N2O. The lowest BCUT2D eigenvalue weighted by Gasteiger charge is -2.38. The number of fused-ring (bicyclic) bond motifs is 1. The second-order valence-electron chi connectivity index (χ2n) is 5.97. The highest BCUT2D eigenvalue weighted by Crippen LogP contribution is 2.42. The van der Waals surface area contributed by atoms with Crippen molar-refractivity contribution in [2.75, 3.05) is 30.4 Å². The Bertz CT molecular complexity index is 438. The van der Waals surface area contributed by atoms with Gasteiger partial charge in [-0.2, -0.15) is 0 Å². The predicted molar refractivity (Wildman–Crippen MR) is 75.4 cm³/mol. The van der Waals surface area contributed by atoms with Gasteiger partial charge in [0.25, 0.3) is 0 Å². The summed E-state index contributed by atoms with van der Waals surface area (Å²) < 4.78 is 0. The first-order valence-electron chi connectivity index (χ1n) is 6.97. The Morgan fingerprint density at radius 1 is 1.22 bits per heavy atom. The van der Waals surface area contributed by atoms with E-state index in [0.29, 0.717) is 11.2 Å². The summed E-state index contributed by atoms with van der Waals surface area (Å²) >= 11 is 0. The highest BCUT2D eigenvalue weighted by Gasteiger charge is 2.35. The Morgan fingerprint density at radius 3 is 2.78 bits per heavy atom. The van der Waals surface area contributed by atoms with Crippen LogP contribution in [0.15, 0.2) is 18.2 Å². The number of nitrogens with one attached hydrogen (secondary N) is 1. The van der Waals surface area contributed by atoms with Gasteiger partial charge in [-0.05, 0) is 25.0 Å². The van der Waals surface area contributed by atoms with E-state index in [1.165, 1.54) is 37.8 Å². The fourth-order valence-electron chi connectivity index (χ4n) is 3.56. The van der Waals surface area contributed by atoms with Crippen molar-refractivity contribution in [2.24, 2.45) is 5.41 Å². The van der Waals surface area contributed by atoms with Gasteiger partial charge >= 0.3 is 0 Å². The zero-order valence-electron chi connectivity index (χ0n) is 11.1. The first-order valence-corrected chi connectivity index (χ1v) is 6.97. The van der Waals surface area contributed by atoms with E-state index >= 15 is 0 Å². The third-order valence-corrected chi connectivity index (χ3v) is 4.53. The van der Waals surface area contributed by atoms with Gasteiger partial charge in [0.1, 0.15) is 5.75 Å². The van der Waals surface area contributed by atoms with Gasteiger partial charge in [0.05, 0.1) is 11.4 Å². The molecule has 3 rings (SSSR count). The summed E-state index contributed by atoms with van der Waals surface area (Å²) in [5.41, 5.74) is 2.69. The van der Waals surface area contributed by atoms with Gasteiger partial charge in [0.15, 0.2) is 0 Å². The molecule has 0 aromatic heterocycles. The van der Waals surface area contributed by atoms with E-state index in [1.54, 1.807) is 6.07 Å². The van der Waals surface area contributed by atoms with Crippen molar-refractivity contribution in [1.82, 2.24) is 0 Å². The average molecular weight is 246 g/mol. The average Bonchev–Trinajstić information content (AvgIpc) is 2.49. The number of rotatable bonds is 0. The van der Waals surface area contributed by atoms with Gasteiger partial charge in [-0.25, -0.2) is 0 Å². The first kappa shape index (κ1) is 11.7. The van der Waals surface area contributed by atoms with Crippen molar-refractivity contribution in [3.8, 4) is 5.75 Å². The molecule has 0 saturated heterocycles. The second-order valence-corrected chi connectivity index (χ2v) is 5.97.